The van der Waals surface area contributed by atoms with E-state index in [9.17, 15) is 4.79 Å². The topological polar surface area (TPSA) is 20.3 Å². The van der Waals surface area contributed by atoms with Gasteiger partial charge in [-0.25, -0.2) is 0 Å². The Morgan fingerprint density at radius 2 is 1.86 bits per heavy atom. The number of hydrogen-bond donors (Lipinski definition) is 0. The molecule has 0 bridgehead atoms. The first-order chi connectivity index (χ1) is 10.2. The fourth-order valence-electron chi connectivity index (χ4n) is 2.87. The number of benzene rings is 1. The lowest BCUT2D eigenvalue weighted by Crippen LogP contribution is -2.38. The summed E-state index contributed by atoms with van der Waals surface area (Å²) in [5.74, 6) is 0.885. The number of rotatable bonds is 3. The van der Waals surface area contributed by atoms with E-state index in [-0.39, 0.29) is 5.91 Å². The molecule has 0 aliphatic carbocycles. The molecule has 0 unspecified atom stereocenters. The van der Waals surface area contributed by atoms with Gasteiger partial charge in [0.25, 0.3) is 5.91 Å². The van der Waals surface area contributed by atoms with Crippen LogP contribution in [0.25, 0.3) is 0 Å². The number of carbonyl (C=O) groups excluding carboxylic acids is 1. The molecule has 110 valence electrons. The van der Waals surface area contributed by atoms with Crippen molar-refractivity contribution >= 4 is 33.2 Å². The smallest absolute Gasteiger partial charge is 0.263 e. The van der Waals surface area contributed by atoms with Crippen molar-refractivity contribution in [2.24, 2.45) is 5.92 Å². The largest absolute Gasteiger partial charge is 0.338 e. The van der Waals surface area contributed by atoms with Gasteiger partial charge in [0, 0.05) is 13.1 Å². The Labute approximate surface area is 137 Å². The molecule has 1 amide bonds. The molecule has 1 aliphatic rings. The lowest BCUT2D eigenvalue weighted by molar-refractivity contribution is 0.0695. The summed E-state index contributed by atoms with van der Waals surface area (Å²) in [6.07, 6.45) is 3.34. The van der Waals surface area contributed by atoms with Gasteiger partial charge in [-0.2, -0.15) is 0 Å². The minimum atomic E-state index is 0.184. The van der Waals surface area contributed by atoms with Crippen LogP contribution >= 0.6 is 27.3 Å². The molecule has 2 heterocycles. The molecule has 21 heavy (non-hydrogen) atoms. The monoisotopic (exact) mass is 363 g/mol. The number of thiophene rings is 1. The van der Waals surface area contributed by atoms with Crippen molar-refractivity contribution in [3.05, 3.63) is 56.7 Å². The van der Waals surface area contributed by atoms with Crippen molar-refractivity contribution in [2.75, 3.05) is 13.1 Å². The summed E-state index contributed by atoms with van der Waals surface area (Å²) in [5, 5.41) is 0. The van der Waals surface area contributed by atoms with E-state index in [0.29, 0.717) is 5.92 Å². The summed E-state index contributed by atoms with van der Waals surface area (Å²) >= 11 is 4.94. The molecule has 1 aromatic carbocycles. The average Bonchev–Trinajstić information content (AvgIpc) is 2.95. The van der Waals surface area contributed by atoms with Crippen LogP contribution in [0.3, 0.4) is 0 Å². The Morgan fingerprint density at radius 1 is 1.14 bits per heavy atom. The zero-order chi connectivity index (χ0) is 14.7. The highest BCUT2D eigenvalue weighted by Gasteiger charge is 2.24. The van der Waals surface area contributed by atoms with E-state index >= 15 is 0 Å². The van der Waals surface area contributed by atoms with Crippen LogP contribution in [0.5, 0.6) is 0 Å². The van der Waals surface area contributed by atoms with E-state index in [1.54, 1.807) is 0 Å². The lowest BCUT2D eigenvalue weighted by Gasteiger charge is -2.31. The molecule has 1 saturated heterocycles. The number of halogens is 1. The summed E-state index contributed by atoms with van der Waals surface area (Å²) in [7, 11) is 0. The first kappa shape index (κ1) is 14.8. The number of likely N-dealkylation sites (tertiary alicyclic amines) is 1. The normalized spacial score (nSPS) is 16.1. The number of carbonyl (C=O) groups is 1. The second kappa shape index (κ2) is 6.75. The van der Waals surface area contributed by atoms with Crippen LogP contribution in [-0.4, -0.2) is 23.9 Å². The highest BCUT2D eigenvalue weighted by atomic mass is 79.9. The molecular weight excluding hydrogens is 346 g/mol. The molecule has 1 aromatic heterocycles. The second-order valence-electron chi connectivity index (χ2n) is 5.53. The Morgan fingerprint density at radius 3 is 2.48 bits per heavy atom. The minimum absolute atomic E-state index is 0.184. The molecule has 0 saturated carbocycles. The molecular formula is C17H18BrNOS. The van der Waals surface area contributed by atoms with E-state index in [1.165, 1.54) is 16.9 Å². The minimum Gasteiger partial charge on any atom is -0.338 e. The second-order valence-corrected chi connectivity index (χ2v) is 7.99. The molecule has 4 heteroatoms. The fraction of sp³-hybridized carbons (Fsp3) is 0.353. The van der Waals surface area contributed by atoms with Crippen molar-refractivity contribution in [3.8, 4) is 0 Å². The summed E-state index contributed by atoms with van der Waals surface area (Å²) < 4.78 is 1.02. The third kappa shape index (κ3) is 3.74. The van der Waals surface area contributed by atoms with Gasteiger partial charge in [0.2, 0.25) is 0 Å². The average molecular weight is 364 g/mol. The molecule has 2 nitrogen and oxygen atoms in total. The predicted octanol–water partition coefficient (Wildman–Crippen LogP) is 4.61. The van der Waals surface area contributed by atoms with Crippen LogP contribution < -0.4 is 0 Å². The highest BCUT2D eigenvalue weighted by Crippen LogP contribution is 2.26. The van der Waals surface area contributed by atoms with E-state index in [2.05, 4.69) is 46.3 Å². The van der Waals surface area contributed by atoms with Crippen LogP contribution in [0.15, 0.2) is 46.3 Å². The van der Waals surface area contributed by atoms with Crippen LogP contribution in [-0.2, 0) is 6.42 Å². The summed E-state index contributed by atoms with van der Waals surface area (Å²) in [5.41, 5.74) is 1.41. The molecule has 0 N–H and O–H groups in total. The van der Waals surface area contributed by atoms with Crippen molar-refractivity contribution in [3.63, 3.8) is 0 Å². The molecule has 1 aliphatic heterocycles. The summed E-state index contributed by atoms with van der Waals surface area (Å²) in [6, 6.07) is 14.5. The molecule has 2 aromatic rings. The van der Waals surface area contributed by atoms with E-state index in [0.717, 1.165) is 41.0 Å². The van der Waals surface area contributed by atoms with Crippen LogP contribution in [0.4, 0.5) is 0 Å². The summed E-state index contributed by atoms with van der Waals surface area (Å²) in [4.78, 5) is 15.2. The SMILES string of the molecule is O=C(c1ccc(Br)s1)N1CCC(Cc2ccccc2)CC1. The van der Waals surface area contributed by atoms with Gasteiger partial charge < -0.3 is 4.90 Å². The maximum absolute atomic E-state index is 12.4. The van der Waals surface area contributed by atoms with Gasteiger partial charge in [0.15, 0.2) is 0 Å². The van der Waals surface area contributed by atoms with Gasteiger partial charge >= 0.3 is 0 Å². The van der Waals surface area contributed by atoms with Crippen molar-refractivity contribution < 1.29 is 4.79 Å². The molecule has 0 atom stereocenters. The third-order valence-corrected chi connectivity index (χ3v) is 5.66. The van der Waals surface area contributed by atoms with Crippen molar-refractivity contribution in [2.45, 2.75) is 19.3 Å². The van der Waals surface area contributed by atoms with E-state index in [4.69, 9.17) is 0 Å². The maximum atomic E-state index is 12.4. The number of hydrogen-bond acceptors (Lipinski definition) is 2. The van der Waals surface area contributed by atoms with Crippen molar-refractivity contribution in [1.82, 2.24) is 4.90 Å². The third-order valence-electron chi connectivity index (χ3n) is 4.05. The molecule has 1 fully saturated rings. The van der Waals surface area contributed by atoms with E-state index in [1.807, 2.05) is 17.0 Å². The maximum Gasteiger partial charge on any atom is 0.263 e. The Hall–Kier alpha value is -1.13. The molecule has 0 spiro atoms. The van der Waals surface area contributed by atoms with Gasteiger partial charge in [-0.3, -0.25) is 4.79 Å². The Kier molecular flexibility index (Phi) is 4.76. The van der Waals surface area contributed by atoms with Gasteiger partial charge in [-0.1, -0.05) is 30.3 Å². The van der Waals surface area contributed by atoms with Crippen LogP contribution in [0, 0.1) is 5.92 Å². The zero-order valence-corrected chi connectivity index (χ0v) is 14.2. The Bertz CT molecular complexity index is 602. The Balaban J connectivity index is 1.54. The van der Waals surface area contributed by atoms with Crippen LogP contribution in [0.2, 0.25) is 0 Å². The fourth-order valence-corrected chi connectivity index (χ4v) is 4.23. The van der Waals surface area contributed by atoms with Crippen molar-refractivity contribution in [1.29, 1.82) is 0 Å². The number of amides is 1. The van der Waals surface area contributed by atoms with Gasteiger partial charge in [-0.05, 0) is 58.8 Å². The first-order valence-electron chi connectivity index (χ1n) is 7.31. The first-order valence-corrected chi connectivity index (χ1v) is 8.92. The number of piperidine rings is 1. The summed E-state index contributed by atoms with van der Waals surface area (Å²) in [6.45, 7) is 1.76. The standard InChI is InChI=1S/C17H18BrNOS/c18-16-7-6-15(21-16)17(20)19-10-8-14(9-11-19)12-13-4-2-1-3-5-13/h1-7,14H,8-12H2. The zero-order valence-electron chi connectivity index (χ0n) is 11.8. The van der Waals surface area contributed by atoms with Gasteiger partial charge in [0.1, 0.15) is 0 Å². The van der Waals surface area contributed by atoms with Gasteiger partial charge in [-0.15, -0.1) is 11.3 Å². The highest BCUT2D eigenvalue weighted by molar-refractivity contribution is 9.11. The number of nitrogens with zero attached hydrogens (tertiary/aromatic N) is 1. The van der Waals surface area contributed by atoms with Crippen LogP contribution in [0.1, 0.15) is 28.1 Å². The van der Waals surface area contributed by atoms with E-state index < -0.39 is 0 Å². The van der Waals surface area contributed by atoms with Gasteiger partial charge in [0.05, 0.1) is 8.66 Å². The molecule has 0 radical (unpaired) electrons. The molecule has 3 rings (SSSR count). The lowest BCUT2D eigenvalue weighted by atomic mass is 9.90. The predicted molar refractivity (Wildman–Crippen MR) is 90.8 cm³/mol. The quantitative estimate of drug-likeness (QED) is 0.779.